The zero-order chi connectivity index (χ0) is 7.98. The fraction of sp³-hybridized carbons (Fsp3) is 0.375. The van der Waals surface area contributed by atoms with Gasteiger partial charge in [0.2, 0.25) is 5.24 Å². The molecule has 0 saturated carbocycles. The van der Waals surface area contributed by atoms with Gasteiger partial charge < -0.3 is 0 Å². The van der Waals surface area contributed by atoms with E-state index in [-0.39, 0.29) is 5.24 Å². The van der Waals surface area contributed by atoms with Gasteiger partial charge in [-0.3, -0.25) is 4.79 Å². The second-order valence-electron chi connectivity index (χ2n) is 1.84. The summed E-state index contributed by atoms with van der Waals surface area (Å²) in [7, 11) is 0. The van der Waals surface area contributed by atoms with Crippen molar-refractivity contribution in [3.05, 3.63) is 23.8 Å². The number of halogens is 1. The topological polar surface area (TPSA) is 17.1 Å². The standard InChI is InChI=1S/C8H11ClO/c1-3-5-6-7(4-2)8(9)10/h3,5-6H,4H2,1-2H3/b5-3-,7-6+. The minimum atomic E-state index is -0.361. The number of hydrogen-bond acceptors (Lipinski definition) is 1. The minimum absolute atomic E-state index is 0.361. The summed E-state index contributed by atoms with van der Waals surface area (Å²) in [6.45, 7) is 3.79. The van der Waals surface area contributed by atoms with Crippen LogP contribution in [0.3, 0.4) is 0 Å². The highest BCUT2D eigenvalue weighted by Gasteiger charge is 1.99. The van der Waals surface area contributed by atoms with Crippen molar-refractivity contribution in [1.82, 2.24) is 0 Å². The van der Waals surface area contributed by atoms with E-state index in [9.17, 15) is 4.79 Å². The summed E-state index contributed by atoms with van der Waals surface area (Å²) in [4.78, 5) is 10.5. The molecular formula is C8H11ClO. The Morgan fingerprint density at radius 2 is 2.20 bits per heavy atom. The van der Waals surface area contributed by atoms with E-state index in [0.29, 0.717) is 12.0 Å². The number of rotatable bonds is 3. The maximum absolute atomic E-state index is 10.5. The smallest absolute Gasteiger partial charge is 0.248 e. The van der Waals surface area contributed by atoms with Gasteiger partial charge >= 0.3 is 0 Å². The van der Waals surface area contributed by atoms with Crippen molar-refractivity contribution in [3.63, 3.8) is 0 Å². The Hall–Kier alpha value is -0.560. The summed E-state index contributed by atoms with van der Waals surface area (Å²) in [5, 5.41) is -0.361. The Balaban J connectivity index is 4.18. The van der Waals surface area contributed by atoms with Crippen molar-refractivity contribution in [2.45, 2.75) is 20.3 Å². The first-order valence-corrected chi connectivity index (χ1v) is 3.61. The molecule has 56 valence electrons. The van der Waals surface area contributed by atoms with Crippen molar-refractivity contribution in [1.29, 1.82) is 0 Å². The Kier molecular flexibility index (Phi) is 4.95. The molecule has 0 aromatic rings. The molecule has 1 nitrogen and oxygen atoms in total. The Labute approximate surface area is 66.4 Å². The van der Waals surface area contributed by atoms with Gasteiger partial charge in [0.15, 0.2) is 0 Å². The van der Waals surface area contributed by atoms with Crippen LogP contribution in [0.5, 0.6) is 0 Å². The molecule has 0 aliphatic heterocycles. The monoisotopic (exact) mass is 158 g/mol. The van der Waals surface area contributed by atoms with Gasteiger partial charge in [-0.2, -0.15) is 0 Å². The highest BCUT2D eigenvalue weighted by molar-refractivity contribution is 6.67. The highest BCUT2D eigenvalue weighted by Crippen LogP contribution is 2.04. The van der Waals surface area contributed by atoms with E-state index in [1.165, 1.54) is 0 Å². The van der Waals surface area contributed by atoms with E-state index in [2.05, 4.69) is 0 Å². The maximum Gasteiger partial charge on any atom is 0.248 e. The van der Waals surface area contributed by atoms with Crippen molar-refractivity contribution in [3.8, 4) is 0 Å². The van der Waals surface area contributed by atoms with Gasteiger partial charge in [0.25, 0.3) is 0 Å². The van der Waals surface area contributed by atoms with Crippen LogP contribution in [0.15, 0.2) is 23.8 Å². The molecule has 10 heavy (non-hydrogen) atoms. The first-order chi connectivity index (χ1) is 4.72. The second-order valence-corrected chi connectivity index (χ2v) is 2.19. The number of hydrogen-bond donors (Lipinski definition) is 0. The second kappa shape index (κ2) is 5.24. The van der Waals surface area contributed by atoms with Crippen LogP contribution in [0.2, 0.25) is 0 Å². The van der Waals surface area contributed by atoms with Gasteiger partial charge in [0.05, 0.1) is 0 Å². The fourth-order valence-electron chi connectivity index (χ4n) is 0.535. The minimum Gasteiger partial charge on any atom is -0.276 e. The molecule has 0 fully saturated rings. The molecule has 0 spiro atoms. The van der Waals surface area contributed by atoms with Gasteiger partial charge in [0.1, 0.15) is 0 Å². The Bertz CT molecular complexity index is 168. The van der Waals surface area contributed by atoms with Crippen molar-refractivity contribution in [2.24, 2.45) is 0 Å². The average molecular weight is 159 g/mol. The highest BCUT2D eigenvalue weighted by atomic mass is 35.5. The molecule has 0 aromatic carbocycles. The fourth-order valence-corrected chi connectivity index (χ4v) is 0.731. The van der Waals surface area contributed by atoms with Gasteiger partial charge in [-0.25, -0.2) is 0 Å². The lowest BCUT2D eigenvalue weighted by molar-refractivity contribution is -0.108. The van der Waals surface area contributed by atoms with Gasteiger partial charge in [0, 0.05) is 5.57 Å². The van der Waals surface area contributed by atoms with Gasteiger partial charge in [-0.05, 0) is 24.9 Å². The summed E-state index contributed by atoms with van der Waals surface area (Å²) >= 11 is 5.24. The quantitative estimate of drug-likeness (QED) is 0.351. The first kappa shape index (κ1) is 9.44. The molecule has 0 unspecified atom stereocenters. The van der Waals surface area contributed by atoms with Crippen LogP contribution in [-0.4, -0.2) is 5.24 Å². The molecule has 0 aliphatic rings. The predicted octanol–water partition coefficient (Wildman–Crippen LogP) is 2.66. The molecule has 2 heteroatoms. The summed E-state index contributed by atoms with van der Waals surface area (Å²) in [6.07, 6.45) is 6.08. The zero-order valence-electron chi connectivity index (χ0n) is 6.23. The largest absolute Gasteiger partial charge is 0.276 e. The third-order valence-corrected chi connectivity index (χ3v) is 1.37. The maximum atomic E-state index is 10.5. The summed E-state index contributed by atoms with van der Waals surface area (Å²) in [5.74, 6) is 0. The third-order valence-electron chi connectivity index (χ3n) is 1.12. The van der Waals surface area contributed by atoms with E-state index in [1.807, 2.05) is 19.9 Å². The zero-order valence-corrected chi connectivity index (χ0v) is 6.98. The van der Waals surface area contributed by atoms with Crippen molar-refractivity contribution in [2.75, 3.05) is 0 Å². The van der Waals surface area contributed by atoms with Crippen LogP contribution in [0.4, 0.5) is 0 Å². The number of carbonyl (C=O) groups is 1. The van der Waals surface area contributed by atoms with Crippen molar-refractivity contribution >= 4 is 16.8 Å². The SMILES string of the molecule is C/C=C\C=C(/CC)C(=O)Cl. The van der Waals surface area contributed by atoms with E-state index < -0.39 is 0 Å². The predicted molar refractivity (Wildman–Crippen MR) is 44.0 cm³/mol. The van der Waals surface area contributed by atoms with Crippen molar-refractivity contribution < 1.29 is 4.79 Å². The summed E-state index contributed by atoms with van der Waals surface area (Å²) < 4.78 is 0. The van der Waals surface area contributed by atoms with Crippen LogP contribution in [0, 0.1) is 0 Å². The van der Waals surface area contributed by atoms with Gasteiger partial charge in [-0.1, -0.05) is 25.2 Å². The van der Waals surface area contributed by atoms with Crippen LogP contribution >= 0.6 is 11.6 Å². The van der Waals surface area contributed by atoms with E-state index >= 15 is 0 Å². The van der Waals surface area contributed by atoms with Crippen LogP contribution in [0.25, 0.3) is 0 Å². The molecule has 0 saturated heterocycles. The Morgan fingerprint density at radius 3 is 2.50 bits per heavy atom. The first-order valence-electron chi connectivity index (χ1n) is 3.24. The van der Waals surface area contributed by atoms with Crippen LogP contribution in [0.1, 0.15) is 20.3 Å². The number of carbonyl (C=O) groups excluding carboxylic acids is 1. The summed E-state index contributed by atoms with van der Waals surface area (Å²) in [5.41, 5.74) is 0.653. The molecule has 0 amide bonds. The molecule has 0 rings (SSSR count). The Morgan fingerprint density at radius 1 is 1.60 bits per heavy atom. The normalized spacial score (nSPS) is 12.5. The van der Waals surface area contributed by atoms with E-state index in [0.717, 1.165) is 0 Å². The summed E-state index contributed by atoms with van der Waals surface area (Å²) in [6, 6.07) is 0. The van der Waals surface area contributed by atoms with E-state index in [1.54, 1.807) is 12.2 Å². The van der Waals surface area contributed by atoms with Gasteiger partial charge in [-0.15, -0.1) is 0 Å². The van der Waals surface area contributed by atoms with Crippen LogP contribution < -0.4 is 0 Å². The molecule has 0 heterocycles. The molecule has 0 radical (unpaired) electrons. The molecular weight excluding hydrogens is 148 g/mol. The molecule has 0 aromatic heterocycles. The lowest BCUT2D eigenvalue weighted by atomic mass is 10.2. The molecule has 0 bridgehead atoms. The molecule has 0 aliphatic carbocycles. The molecule has 0 N–H and O–H groups in total. The van der Waals surface area contributed by atoms with Crippen LogP contribution in [-0.2, 0) is 4.79 Å². The lowest BCUT2D eigenvalue weighted by Gasteiger charge is -1.91. The third kappa shape index (κ3) is 3.46. The number of allylic oxidation sites excluding steroid dienone is 4. The average Bonchev–Trinajstić information content (AvgIpc) is 1.89. The van der Waals surface area contributed by atoms with E-state index in [4.69, 9.17) is 11.6 Å². The molecule has 0 atom stereocenters. The lowest BCUT2D eigenvalue weighted by Crippen LogP contribution is -1.89.